The fraction of sp³-hybridized carbons (Fsp3) is 0.136. The maximum Gasteiger partial charge on any atom is 0.262 e. The summed E-state index contributed by atoms with van der Waals surface area (Å²) in [5.74, 6) is 1.91. The Morgan fingerprint density at radius 3 is 2.07 bits per heavy atom. The molecule has 3 aromatic rings. The Morgan fingerprint density at radius 2 is 1.44 bits per heavy atom. The minimum absolute atomic E-state index is 0.0622. The molecule has 0 fully saturated rings. The van der Waals surface area contributed by atoms with Crippen molar-refractivity contribution in [2.75, 3.05) is 11.9 Å². The molecule has 138 valence electrons. The molecule has 0 spiro atoms. The van der Waals surface area contributed by atoms with Gasteiger partial charge in [0.15, 0.2) is 6.61 Å². The molecule has 3 aromatic carbocycles. The van der Waals surface area contributed by atoms with E-state index in [1.54, 1.807) is 12.1 Å². The summed E-state index contributed by atoms with van der Waals surface area (Å²) >= 11 is 3.36. The molecular weight excluding hydrogens is 406 g/mol. The summed E-state index contributed by atoms with van der Waals surface area (Å²) in [7, 11) is 0. The van der Waals surface area contributed by atoms with Crippen LogP contribution in [0.1, 0.15) is 11.1 Å². The highest BCUT2D eigenvalue weighted by molar-refractivity contribution is 9.10. The van der Waals surface area contributed by atoms with E-state index in [-0.39, 0.29) is 12.5 Å². The van der Waals surface area contributed by atoms with E-state index in [1.807, 2.05) is 62.4 Å². The van der Waals surface area contributed by atoms with Crippen LogP contribution >= 0.6 is 15.9 Å². The normalized spacial score (nSPS) is 10.3. The quantitative estimate of drug-likeness (QED) is 0.536. The topological polar surface area (TPSA) is 47.6 Å². The third-order valence-corrected chi connectivity index (χ3v) is 4.28. The molecule has 0 saturated carbocycles. The average Bonchev–Trinajstić information content (AvgIpc) is 2.62. The van der Waals surface area contributed by atoms with E-state index in [9.17, 15) is 4.79 Å². The standard InChI is InChI=1S/C22H20BrNO3/c1-15-11-16(2)13-21(12-15)27-20-9-7-19(8-10-20)26-14-22(25)24-18-5-3-17(23)4-6-18/h3-13H,14H2,1-2H3,(H,24,25). The lowest BCUT2D eigenvalue weighted by atomic mass is 10.1. The number of nitrogens with one attached hydrogen (secondary N) is 1. The second-order valence-corrected chi connectivity index (χ2v) is 7.16. The van der Waals surface area contributed by atoms with Gasteiger partial charge >= 0.3 is 0 Å². The molecule has 0 aliphatic heterocycles. The van der Waals surface area contributed by atoms with E-state index in [4.69, 9.17) is 9.47 Å². The van der Waals surface area contributed by atoms with Crippen molar-refractivity contribution in [2.45, 2.75) is 13.8 Å². The van der Waals surface area contributed by atoms with E-state index in [0.717, 1.165) is 27.0 Å². The predicted molar refractivity (Wildman–Crippen MR) is 111 cm³/mol. The zero-order valence-electron chi connectivity index (χ0n) is 15.2. The minimum atomic E-state index is -0.215. The summed E-state index contributed by atoms with van der Waals surface area (Å²) < 4.78 is 12.4. The number of hydrogen-bond acceptors (Lipinski definition) is 3. The van der Waals surface area contributed by atoms with Gasteiger partial charge in [0.2, 0.25) is 0 Å². The number of carbonyl (C=O) groups is 1. The average molecular weight is 426 g/mol. The minimum Gasteiger partial charge on any atom is -0.484 e. The monoisotopic (exact) mass is 425 g/mol. The number of ether oxygens (including phenoxy) is 2. The van der Waals surface area contributed by atoms with Crippen molar-refractivity contribution in [3.63, 3.8) is 0 Å². The first kappa shape index (κ1) is 19.0. The predicted octanol–water partition coefficient (Wildman–Crippen LogP) is 5.88. The summed E-state index contributed by atoms with van der Waals surface area (Å²) in [4.78, 5) is 12.0. The molecule has 0 aliphatic carbocycles. The Hall–Kier alpha value is -2.79. The van der Waals surface area contributed by atoms with E-state index in [2.05, 4.69) is 27.3 Å². The highest BCUT2D eigenvalue weighted by Gasteiger charge is 2.05. The molecule has 1 amide bonds. The highest BCUT2D eigenvalue weighted by atomic mass is 79.9. The van der Waals surface area contributed by atoms with Gasteiger partial charge in [-0.2, -0.15) is 0 Å². The Labute approximate surface area is 167 Å². The van der Waals surface area contributed by atoms with Crippen LogP contribution in [0.4, 0.5) is 5.69 Å². The number of anilines is 1. The van der Waals surface area contributed by atoms with Gasteiger partial charge in [-0.1, -0.05) is 22.0 Å². The van der Waals surface area contributed by atoms with Gasteiger partial charge in [0, 0.05) is 10.2 Å². The number of benzene rings is 3. The van der Waals surface area contributed by atoms with Gasteiger partial charge in [-0.15, -0.1) is 0 Å². The molecule has 0 heterocycles. The lowest BCUT2D eigenvalue weighted by Crippen LogP contribution is -2.20. The largest absolute Gasteiger partial charge is 0.484 e. The van der Waals surface area contributed by atoms with Crippen molar-refractivity contribution in [1.29, 1.82) is 0 Å². The lowest BCUT2D eigenvalue weighted by molar-refractivity contribution is -0.118. The first-order chi connectivity index (χ1) is 13.0. The molecule has 0 aliphatic rings. The molecule has 0 saturated heterocycles. The van der Waals surface area contributed by atoms with Gasteiger partial charge in [0.05, 0.1) is 0 Å². The van der Waals surface area contributed by atoms with Crippen LogP contribution < -0.4 is 14.8 Å². The van der Waals surface area contributed by atoms with E-state index in [1.165, 1.54) is 0 Å². The summed E-state index contributed by atoms with van der Waals surface area (Å²) in [6.07, 6.45) is 0. The maximum absolute atomic E-state index is 12.0. The summed E-state index contributed by atoms with van der Waals surface area (Å²) in [5.41, 5.74) is 3.03. The van der Waals surface area contributed by atoms with Crippen LogP contribution in [0.2, 0.25) is 0 Å². The van der Waals surface area contributed by atoms with Crippen LogP contribution in [0.5, 0.6) is 17.2 Å². The van der Waals surface area contributed by atoms with Crippen LogP contribution in [0.25, 0.3) is 0 Å². The number of hydrogen-bond donors (Lipinski definition) is 1. The molecule has 0 atom stereocenters. The van der Waals surface area contributed by atoms with Crippen LogP contribution in [0.3, 0.4) is 0 Å². The molecule has 0 bridgehead atoms. The first-order valence-corrected chi connectivity index (χ1v) is 9.32. The van der Waals surface area contributed by atoms with Crippen molar-refractivity contribution >= 4 is 27.5 Å². The van der Waals surface area contributed by atoms with Crippen LogP contribution in [-0.4, -0.2) is 12.5 Å². The van der Waals surface area contributed by atoms with Crippen molar-refractivity contribution in [3.05, 3.63) is 82.3 Å². The van der Waals surface area contributed by atoms with Gasteiger partial charge < -0.3 is 14.8 Å². The summed E-state index contributed by atoms with van der Waals surface area (Å²) in [5, 5.41) is 2.78. The van der Waals surface area contributed by atoms with Gasteiger partial charge in [0.1, 0.15) is 17.2 Å². The van der Waals surface area contributed by atoms with Crippen molar-refractivity contribution in [1.82, 2.24) is 0 Å². The summed E-state index contributed by atoms with van der Waals surface area (Å²) in [6.45, 7) is 4.01. The molecule has 27 heavy (non-hydrogen) atoms. The number of rotatable bonds is 6. The van der Waals surface area contributed by atoms with E-state index in [0.29, 0.717) is 11.5 Å². The zero-order valence-corrected chi connectivity index (χ0v) is 16.7. The van der Waals surface area contributed by atoms with Crippen LogP contribution in [0.15, 0.2) is 71.2 Å². The Balaban J connectivity index is 1.52. The SMILES string of the molecule is Cc1cc(C)cc(Oc2ccc(OCC(=O)Nc3ccc(Br)cc3)cc2)c1. The molecule has 3 rings (SSSR count). The van der Waals surface area contributed by atoms with Gasteiger partial charge in [-0.3, -0.25) is 4.79 Å². The van der Waals surface area contributed by atoms with Crippen molar-refractivity contribution in [3.8, 4) is 17.2 Å². The fourth-order valence-electron chi connectivity index (χ4n) is 2.61. The fourth-order valence-corrected chi connectivity index (χ4v) is 2.88. The number of carbonyl (C=O) groups excluding carboxylic acids is 1. The Morgan fingerprint density at radius 1 is 0.852 bits per heavy atom. The molecule has 0 aromatic heterocycles. The number of amides is 1. The van der Waals surface area contributed by atoms with E-state index >= 15 is 0 Å². The van der Waals surface area contributed by atoms with Crippen LogP contribution in [-0.2, 0) is 4.79 Å². The van der Waals surface area contributed by atoms with Gasteiger partial charge in [-0.05, 0) is 85.6 Å². The lowest BCUT2D eigenvalue weighted by Gasteiger charge is -2.10. The summed E-state index contributed by atoms with van der Waals surface area (Å²) in [6, 6.07) is 20.7. The zero-order chi connectivity index (χ0) is 19.2. The van der Waals surface area contributed by atoms with Crippen molar-refractivity contribution in [2.24, 2.45) is 0 Å². The smallest absolute Gasteiger partial charge is 0.262 e. The first-order valence-electron chi connectivity index (χ1n) is 8.52. The van der Waals surface area contributed by atoms with Gasteiger partial charge in [-0.25, -0.2) is 0 Å². The van der Waals surface area contributed by atoms with Crippen LogP contribution in [0, 0.1) is 13.8 Å². The number of aryl methyl sites for hydroxylation is 2. The Kier molecular flexibility index (Phi) is 6.14. The number of halogens is 1. The molecule has 0 unspecified atom stereocenters. The second-order valence-electron chi connectivity index (χ2n) is 6.24. The molecule has 5 heteroatoms. The second kappa shape index (κ2) is 8.73. The molecule has 4 nitrogen and oxygen atoms in total. The molecule has 0 radical (unpaired) electrons. The molecule has 1 N–H and O–H groups in total. The Bertz CT molecular complexity index is 901. The third kappa shape index (κ3) is 5.86. The van der Waals surface area contributed by atoms with Gasteiger partial charge in [0.25, 0.3) is 5.91 Å². The van der Waals surface area contributed by atoms with E-state index < -0.39 is 0 Å². The highest BCUT2D eigenvalue weighted by Crippen LogP contribution is 2.25. The maximum atomic E-state index is 12.0. The van der Waals surface area contributed by atoms with Crippen molar-refractivity contribution < 1.29 is 14.3 Å². The molecular formula is C22H20BrNO3. The third-order valence-electron chi connectivity index (χ3n) is 3.75.